The molecule has 0 aromatic heterocycles. The molecule has 0 fully saturated rings. The zero-order valence-corrected chi connectivity index (χ0v) is 17.4. The summed E-state index contributed by atoms with van der Waals surface area (Å²) in [6.45, 7) is 0.406. The van der Waals surface area contributed by atoms with Gasteiger partial charge in [-0.3, -0.25) is 0 Å². The maximum atomic E-state index is 12.9. The maximum Gasteiger partial charge on any atom is 0.244 e. The molecular formula is C22H22FNO5S. The van der Waals surface area contributed by atoms with Gasteiger partial charge in [-0.2, -0.15) is 0 Å². The number of halogens is 1. The Morgan fingerprint density at radius 1 is 0.833 bits per heavy atom. The summed E-state index contributed by atoms with van der Waals surface area (Å²) < 4.78 is 56.8. The van der Waals surface area contributed by atoms with Crippen molar-refractivity contribution in [2.75, 3.05) is 14.2 Å². The van der Waals surface area contributed by atoms with Crippen LogP contribution in [0.5, 0.6) is 17.2 Å². The summed E-state index contributed by atoms with van der Waals surface area (Å²) in [7, 11) is -0.939. The Labute approximate surface area is 175 Å². The Kier molecular flexibility index (Phi) is 6.91. The van der Waals surface area contributed by atoms with Crippen LogP contribution >= 0.6 is 0 Å². The molecule has 0 unspecified atom stereocenters. The van der Waals surface area contributed by atoms with Crippen LogP contribution in [0.1, 0.15) is 11.1 Å². The van der Waals surface area contributed by atoms with E-state index in [4.69, 9.17) is 14.2 Å². The minimum Gasteiger partial charge on any atom is -0.497 e. The van der Waals surface area contributed by atoms with Crippen LogP contribution in [0, 0.1) is 5.82 Å². The lowest BCUT2D eigenvalue weighted by Gasteiger charge is -2.12. The maximum absolute atomic E-state index is 12.9. The lowest BCUT2D eigenvalue weighted by molar-refractivity contribution is 0.306. The molecule has 1 N–H and O–H groups in total. The molecule has 0 spiro atoms. The second-order valence-electron chi connectivity index (χ2n) is 6.40. The van der Waals surface area contributed by atoms with Gasteiger partial charge in [-0.25, -0.2) is 17.5 Å². The standard InChI is InChI=1S/C22H22FNO5S/c1-27-20-11-12-21(28-2)22(13-20)30(25,26)24-14-16-5-9-19(10-6-16)29-15-17-3-7-18(23)8-4-17/h3-13,24H,14-15H2,1-2H3. The molecule has 3 aromatic rings. The van der Waals surface area contributed by atoms with Crippen LogP contribution < -0.4 is 18.9 Å². The first kappa shape index (κ1) is 21.6. The van der Waals surface area contributed by atoms with Gasteiger partial charge < -0.3 is 14.2 Å². The molecular weight excluding hydrogens is 409 g/mol. The molecule has 3 aromatic carbocycles. The molecule has 0 aliphatic rings. The zero-order valence-electron chi connectivity index (χ0n) is 16.6. The van der Waals surface area contributed by atoms with Crippen molar-refractivity contribution in [1.82, 2.24) is 4.72 Å². The van der Waals surface area contributed by atoms with Crippen LogP contribution in [0.25, 0.3) is 0 Å². The molecule has 158 valence electrons. The van der Waals surface area contributed by atoms with Crippen LogP contribution in [0.15, 0.2) is 71.6 Å². The van der Waals surface area contributed by atoms with Crippen molar-refractivity contribution in [1.29, 1.82) is 0 Å². The molecule has 0 saturated heterocycles. The van der Waals surface area contributed by atoms with Gasteiger partial charge in [0, 0.05) is 12.6 Å². The van der Waals surface area contributed by atoms with Crippen molar-refractivity contribution < 1.29 is 27.0 Å². The largest absolute Gasteiger partial charge is 0.497 e. The third-order valence-corrected chi connectivity index (χ3v) is 5.79. The average Bonchev–Trinajstić information content (AvgIpc) is 2.77. The van der Waals surface area contributed by atoms with Crippen molar-refractivity contribution in [3.8, 4) is 17.2 Å². The fourth-order valence-corrected chi connectivity index (χ4v) is 3.90. The Bertz CT molecular complexity index is 1080. The van der Waals surface area contributed by atoms with Crippen LogP contribution in [-0.4, -0.2) is 22.6 Å². The Morgan fingerprint density at radius 3 is 2.10 bits per heavy atom. The van der Waals surface area contributed by atoms with Crippen LogP contribution in [0.2, 0.25) is 0 Å². The number of benzene rings is 3. The second kappa shape index (κ2) is 9.60. The summed E-state index contributed by atoms with van der Waals surface area (Å²) in [4.78, 5) is 0.00333. The molecule has 8 heteroatoms. The van der Waals surface area contributed by atoms with Gasteiger partial charge in [0.15, 0.2) is 0 Å². The van der Waals surface area contributed by atoms with Crippen LogP contribution in [0.4, 0.5) is 4.39 Å². The quantitative estimate of drug-likeness (QED) is 0.556. The van der Waals surface area contributed by atoms with E-state index < -0.39 is 10.0 Å². The summed E-state index contributed by atoms with van der Waals surface area (Å²) in [6, 6.07) is 17.7. The first-order chi connectivity index (χ1) is 14.4. The van der Waals surface area contributed by atoms with E-state index in [9.17, 15) is 12.8 Å². The number of rotatable bonds is 9. The summed E-state index contributed by atoms with van der Waals surface area (Å²) >= 11 is 0. The summed E-state index contributed by atoms with van der Waals surface area (Å²) in [5.74, 6) is 0.976. The minimum absolute atomic E-state index is 0.00333. The molecule has 0 aliphatic heterocycles. The van der Waals surface area contributed by atoms with Crippen molar-refractivity contribution in [2.24, 2.45) is 0 Å². The average molecular weight is 431 g/mol. The van der Waals surface area contributed by atoms with E-state index in [1.54, 1.807) is 48.5 Å². The molecule has 0 heterocycles. The molecule has 0 amide bonds. The highest BCUT2D eigenvalue weighted by atomic mass is 32.2. The third kappa shape index (κ3) is 5.49. The van der Waals surface area contributed by atoms with E-state index >= 15 is 0 Å². The van der Waals surface area contributed by atoms with Gasteiger partial charge in [0.05, 0.1) is 14.2 Å². The van der Waals surface area contributed by atoms with Gasteiger partial charge in [-0.15, -0.1) is 0 Å². The number of hydrogen-bond acceptors (Lipinski definition) is 5. The van der Waals surface area contributed by atoms with Gasteiger partial charge in [0.2, 0.25) is 10.0 Å². The Hall–Kier alpha value is -3.10. The second-order valence-corrected chi connectivity index (χ2v) is 8.14. The molecule has 0 aliphatic carbocycles. The topological polar surface area (TPSA) is 73.9 Å². The van der Waals surface area contributed by atoms with Crippen molar-refractivity contribution in [3.05, 3.63) is 83.7 Å². The van der Waals surface area contributed by atoms with E-state index in [1.807, 2.05) is 0 Å². The molecule has 0 radical (unpaired) electrons. The fourth-order valence-electron chi connectivity index (χ4n) is 2.70. The first-order valence-corrected chi connectivity index (χ1v) is 10.6. The molecule has 30 heavy (non-hydrogen) atoms. The van der Waals surface area contributed by atoms with E-state index in [1.165, 1.54) is 32.4 Å². The lowest BCUT2D eigenvalue weighted by Crippen LogP contribution is -2.23. The number of ether oxygens (including phenoxy) is 3. The predicted octanol–water partition coefficient (Wildman–Crippen LogP) is 3.90. The lowest BCUT2D eigenvalue weighted by atomic mass is 10.2. The highest BCUT2D eigenvalue weighted by molar-refractivity contribution is 7.89. The van der Waals surface area contributed by atoms with E-state index in [0.717, 1.165) is 11.1 Å². The van der Waals surface area contributed by atoms with Gasteiger partial charge in [-0.1, -0.05) is 24.3 Å². The van der Waals surface area contributed by atoms with Gasteiger partial charge >= 0.3 is 0 Å². The fraction of sp³-hybridized carbons (Fsp3) is 0.182. The van der Waals surface area contributed by atoms with Crippen molar-refractivity contribution in [2.45, 2.75) is 18.0 Å². The number of hydrogen-bond donors (Lipinski definition) is 1. The van der Waals surface area contributed by atoms with Crippen LogP contribution in [-0.2, 0) is 23.2 Å². The van der Waals surface area contributed by atoms with E-state index in [2.05, 4.69) is 4.72 Å². The predicted molar refractivity (Wildman–Crippen MR) is 111 cm³/mol. The Morgan fingerprint density at radius 2 is 1.47 bits per heavy atom. The van der Waals surface area contributed by atoms with Gasteiger partial charge in [0.1, 0.15) is 34.6 Å². The van der Waals surface area contributed by atoms with Gasteiger partial charge in [-0.05, 0) is 47.5 Å². The first-order valence-electron chi connectivity index (χ1n) is 9.09. The number of sulfonamides is 1. The smallest absolute Gasteiger partial charge is 0.244 e. The van der Waals surface area contributed by atoms with E-state index in [0.29, 0.717) is 18.1 Å². The molecule has 6 nitrogen and oxygen atoms in total. The highest BCUT2D eigenvalue weighted by Crippen LogP contribution is 2.28. The monoisotopic (exact) mass is 431 g/mol. The normalized spacial score (nSPS) is 11.2. The third-order valence-electron chi connectivity index (χ3n) is 4.37. The van der Waals surface area contributed by atoms with Crippen molar-refractivity contribution in [3.63, 3.8) is 0 Å². The molecule has 3 rings (SSSR count). The van der Waals surface area contributed by atoms with E-state index in [-0.39, 0.29) is 23.0 Å². The number of nitrogens with one attached hydrogen (secondary N) is 1. The number of methoxy groups -OCH3 is 2. The van der Waals surface area contributed by atoms with Gasteiger partial charge in [0.25, 0.3) is 0 Å². The summed E-state index contributed by atoms with van der Waals surface area (Å²) in [5.41, 5.74) is 1.61. The minimum atomic E-state index is -3.81. The van der Waals surface area contributed by atoms with Crippen molar-refractivity contribution >= 4 is 10.0 Å². The molecule has 0 bridgehead atoms. The highest BCUT2D eigenvalue weighted by Gasteiger charge is 2.20. The Balaban J connectivity index is 1.62. The SMILES string of the molecule is COc1ccc(OC)c(S(=O)(=O)NCc2ccc(OCc3ccc(F)cc3)cc2)c1. The zero-order chi connectivity index (χ0) is 21.6. The van der Waals surface area contributed by atoms with Crippen LogP contribution in [0.3, 0.4) is 0 Å². The molecule has 0 atom stereocenters. The summed E-state index contributed by atoms with van der Waals surface area (Å²) in [6.07, 6.45) is 0. The summed E-state index contributed by atoms with van der Waals surface area (Å²) in [5, 5.41) is 0. The molecule has 0 saturated carbocycles.